The Morgan fingerprint density at radius 1 is 1.24 bits per heavy atom. The van der Waals surface area contributed by atoms with Crippen LogP contribution in [0.3, 0.4) is 0 Å². The van der Waals surface area contributed by atoms with Crippen LogP contribution in [-0.2, 0) is 6.42 Å². The Labute approximate surface area is 102 Å². The van der Waals surface area contributed by atoms with Crippen molar-refractivity contribution in [3.05, 3.63) is 65.5 Å². The van der Waals surface area contributed by atoms with Crippen LogP contribution in [0, 0.1) is 18.3 Å². The first-order chi connectivity index (χ1) is 8.31. The molecular formula is C15H14N2. The zero-order chi connectivity index (χ0) is 12.1. The predicted molar refractivity (Wildman–Crippen MR) is 67.5 cm³/mol. The highest BCUT2D eigenvalue weighted by atomic mass is 14.6. The lowest BCUT2D eigenvalue weighted by atomic mass is 9.91. The van der Waals surface area contributed by atoms with Crippen LogP contribution in [0.4, 0.5) is 0 Å². The summed E-state index contributed by atoms with van der Waals surface area (Å²) in [6, 6.07) is 14.3. The monoisotopic (exact) mass is 222 g/mol. The molecular weight excluding hydrogens is 208 g/mol. The van der Waals surface area contributed by atoms with Crippen molar-refractivity contribution in [3.63, 3.8) is 0 Å². The zero-order valence-corrected chi connectivity index (χ0v) is 9.80. The van der Waals surface area contributed by atoms with E-state index in [1.54, 1.807) is 6.20 Å². The molecule has 84 valence electrons. The topological polar surface area (TPSA) is 36.7 Å². The molecule has 0 saturated heterocycles. The summed E-state index contributed by atoms with van der Waals surface area (Å²) < 4.78 is 0. The molecule has 2 nitrogen and oxygen atoms in total. The summed E-state index contributed by atoms with van der Waals surface area (Å²) in [6.45, 7) is 2.04. The highest BCUT2D eigenvalue weighted by Gasteiger charge is 2.13. The average Bonchev–Trinajstić information content (AvgIpc) is 2.38. The van der Waals surface area contributed by atoms with Crippen LogP contribution < -0.4 is 0 Å². The van der Waals surface area contributed by atoms with Gasteiger partial charge >= 0.3 is 0 Å². The third kappa shape index (κ3) is 2.70. The van der Waals surface area contributed by atoms with E-state index in [1.165, 1.54) is 5.56 Å². The van der Waals surface area contributed by atoms with Gasteiger partial charge < -0.3 is 0 Å². The largest absolute Gasteiger partial charge is 0.264 e. The molecule has 1 aromatic heterocycles. The number of rotatable bonds is 3. The molecule has 1 aromatic carbocycles. The summed E-state index contributed by atoms with van der Waals surface area (Å²) in [5.74, 6) is -0.0969. The molecule has 2 rings (SSSR count). The highest BCUT2D eigenvalue weighted by Crippen LogP contribution is 2.22. The van der Waals surface area contributed by atoms with Crippen molar-refractivity contribution in [1.82, 2.24) is 4.98 Å². The minimum Gasteiger partial charge on any atom is -0.264 e. The van der Waals surface area contributed by atoms with Crippen molar-refractivity contribution in [3.8, 4) is 6.07 Å². The van der Waals surface area contributed by atoms with Crippen molar-refractivity contribution in [2.45, 2.75) is 19.3 Å². The maximum Gasteiger partial charge on any atom is 0.0756 e. The van der Waals surface area contributed by atoms with Crippen LogP contribution in [0.2, 0.25) is 0 Å². The van der Waals surface area contributed by atoms with Crippen LogP contribution in [0.15, 0.2) is 48.8 Å². The van der Waals surface area contributed by atoms with Gasteiger partial charge in [-0.2, -0.15) is 5.26 Å². The first-order valence-electron chi connectivity index (χ1n) is 5.65. The minimum atomic E-state index is -0.0969. The molecule has 2 aromatic rings. The number of benzene rings is 1. The van der Waals surface area contributed by atoms with Gasteiger partial charge in [0.25, 0.3) is 0 Å². The maximum absolute atomic E-state index is 9.29. The molecule has 0 amide bonds. The number of pyridine rings is 1. The third-order valence-electron chi connectivity index (χ3n) is 2.88. The molecule has 2 heteroatoms. The van der Waals surface area contributed by atoms with Gasteiger partial charge in [-0.3, -0.25) is 4.98 Å². The van der Waals surface area contributed by atoms with E-state index in [2.05, 4.69) is 11.1 Å². The summed E-state index contributed by atoms with van der Waals surface area (Å²) in [5, 5.41) is 9.29. The molecule has 17 heavy (non-hydrogen) atoms. The maximum atomic E-state index is 9.29. The molecule has 0 bridgehead atoms. The Kier molecular flexibility index (Phi) is 3.52. The van der Waals surface area contributed by atoms with Crippen LogP contribution in [0.5, 0.6) is 0 Å². The van der Waals surface area contributed by atoms with Gasteiger partial charge in [-0.15, -0.1) is 0 Å². The molecule has 0 aliphatic heterocycles. The van der Waals surface area contributed by atoms with E-state index >= 15 is 0 Å². The highest BCUT2D eigenvalue weighted by molar-refractivity contribution is 5.34. The predicted octanol–water partition coefficient (Wildman–Crippen LogP) is 3.24. The van der Waals surface area contributed by atoms with Crippen molar-refractivity contribution in [2.75, 3.05) is 0 Å². The van der Waals surface area contributed by atoms with Gasteiger partial charge in [0.2, 0.25) is 0 Å². The molecule has 0 spiro atoms. The van der Waals surface area contributed by atoms with Crippen LogP contribution in [0.1, 0.15) is 22.6 Å². The van der Waals surface area contributed by atoms with E-state index in [9.17, 15) is 5.26 Å². The van der Waals surface area contributed by atoms with E-state index in [4.69, 9.17) is 0 Å². The van der Waals surface area contributed by atoms with Crippen molar-refractivity contribution < 1.29 is 0 Å². The van der Waals surface area contributed by atoms with Gasteiger partial charge in [0.05, 0.1) is 12.0 Å². The van der Waals surface area contributed by atoms with E-state index in [-0.39, 0.29) is 5.92 Å². The number of aryl methyl sites for hydroxylation is 1. The summed E-state index contributed by atoms with van der Waals surface area (Å²) in [7, 11) is 0. The molecule has 0 aliphatic rings. The van der Waals surface area contributed by atoms with Crippen molar-refractivity contribution in [1.29, 1.82) is 5.26 Å². The quantitative estimate of drug-likeness (QED) is 0.799. The second-order valence-electron chi connectivity index (χ2n) is 4.10. The second kappa shape index (κ2) is 5.27. The Morgan fingerprint density at radius 2 is 2.06 bits per heavy atom. The lowest BCUT2D eigenvalue weighted by Crippen LogP contribution is -2.02. The molecule has 1 unspecified atom stereocenters. The fourth-order valence-electron chi connectivity index (χ4n) is 1.96. The second-order valence-corrected chi connectivity index (χ2v) is 4.10. The number of nitrogens with zero attached hydrogens (tertiary/aromatic N) is 2. The Hall–Kier alpha value is -2.14. The van der Waals surface area contributed by atoms with Gasteiger partial charge in [-0.25, -0.2) is 0 Å². The fourth-order valence-corrected chi connectivity index (χ4v) is 1.96. The van der Waals surface area contributed by atoms with Crippen molar-refractivity contribution in [2.24, 2.45) is 0 Å². The fraction of sp³-hybridized carbons (Fsp3) is 0.200. The summed E-state index contributed by atoms with van der Waals surface area (Å²) in [5.41, 5.74) is 3.38. The molecule has 0 aliphatic carbocycles. The van der Waals surface area contributed by atoms with E-state index in [0.717, 1.165) is 17.5 Å². The SMILES string of the molecule is Cc1ccccc1C(C#N)Cc1cccnc1. The van der Waals surface area contributed by atoms with Crippen molar-refractivity contribution >= 4 is 0 Å². The molecule has 1 atom stereocenters. The third-order valence-corrected chi connectivity index (χ3v) is 2.88. The minimum absolute atomic E-state index is 0.0969. The van der Waals surface area contributed by atoms with Crippen LogP contribution in [0.25, 0.3) is 0 Å². The Balaban J connectivity index is 2.25. The number of hydrogen-bond donors (Lipinski definition) is 0. The number of nitriles is 1. The summed E-state index contributed by atoms with van der Waals surface area (Å²) in [4.78, 5) is 4.08. The van der Waals surface area contributed by atoms with Gasteiger partial charge in [0, 0.05) is 12.4 Å². The van der Waals surface area contributed by atoms with Crippen LogP contribution in [-0.4, -0.2) is 4.98 Å². The molecule has 0 fully saturated rings. The standard InChI is InChI=1S/C15H14N2/c1-12-5-2-3-7-15(12)14(10-16)9-13-6-4-8-17-11-13/h2-8,11,14H,9H2,1H3. The molecule has 0 radical (unpaired) electrons. The zero-order valence-electron chi connectivity index (χ0n) is 9.80. The van der Waals surface area contributed by atoms with E-state index < -0.39 is 0 Å². The Morgan fingerprint density at radius 3 is 2.71 bits per heavy atom. The first-order valence-corrected chi connectivity index (χ1v) is 5.65. The molecule has 0 N–H and O–H groups in total. The van der Waals surface area contributed by atoms with E-state index in [0.29, 0.717) is 0 Å². The lowest BCUT2D eigenvalue weighted by molar-refractivity contribution is 0.836. The first kappa shape index (κ1) is 11.3. The molecule has 1 heterocycles. The summed E-state index contributed by atoms with van der Waals surface area (Å²) >= 11 is 0. The van der Waals surface area contributed by atoms with Gasteiger partial charge in [-0.1, -0.05) is 30.3 Å². The molecule has 0 saturated carbocycles. The van der Waals surface area contributed by atoms with Crippen LogP contribution >= 0.6 is 0 Å². The van der Waals surface area contributed by atoms with Gasteiger partial charge in [-0.05, 0) is 36.1 Å². The van der Waals surface area contributed by atoms with Gasteiger partial charge in [0.1, 0.15) is 0 Å². The number of aromatic nitrogens is 1. The smallest absolute Gasteiger partial charge is 0.0756 e. The Bertz CT molecular complexity index is 526. The normalized spacial score (nSPS) is 11.8. The summed E-state index contributed by atoms with van der Waals surface area (Å²) in [6.07, 6.45) is 4.29. The van der Waals surface area contributed by atoms with E-state index in [1.807, 2.05) is 49.5 Å². The number of hydrogen-bond acceptors (Lipinski definition) is 2. The lowest BCUT2D eigenvalue weighted by Gasteiger charge is -2.11. The van der Waals surface area contributed by atoms with Gasteiger partial charge in [0.15, 0.2) is 0 Å². The average molecular weight is 222 g/mol.